The minimum Gasteiger partial charge on any atom is -0.336 e. The number of sulfonamides is 1. The predicted molar refractivity (Wildman–Crippen MR) is 127 cm³/mol. The Kier molecular flexibility index (Phi) is 6.43. The highest BCUT2D eigenvalue weighted by Gasteiger charge is 2.27. The predicted octanol–water partition coefficient (Wildman–Crippen LogP) is 3.78. The molecule has 34 heavy (non-hydrogen) atoms. The fourth-order valence-corrected chi connectivity index (χ4v) is 6.04. The Morgan fingerprint density at radius 2 is 2.00 bits per heavy atom. The van der Waals surface area contributed by atoms with Crippen molar-refractivity contribution in [2.75, 3.05) is 10.0 Å². The molecule has 1 amide bonds. The third-order valence-corrected chi connectivity index (χ3v) is 8.10. The van der Waals surface area contributed by atoms with Gasteiger partial charge in [-0.25, -0.2) is 13.1 Å². The summed E-state index contributed by atoms with van der Waals surface area (Å²) in [6.45, 7) is 7.29. The lowest BCUT2D eigenvalue weighted by molar-refractivity contribution is 0.102. The van der Waals surface area contributed by atoms with Gasteiger partial charge < -0.3 is 9.84 Å². The first-order valence-corrected chi connectivity index (χ1v) is 12.7. The van der Waals surface area contributed by atoms with E-state index >= 15 is 0 Å². The number of nitrogens with one attached hydrogen (secondary N) is 3. The first-order valence-electron chi connectivity index (χ1n) is 9.94. The average molecular weight is 522 g/mol. The van der Waals surface area contributed by atoms with Crippen LogP contribution in [-0.2, 0) is 16.4 Å². The molecule has 0 aliphatic rings. The largest absolute Gasteiger partial charge is 0.336 e. The number of nitrogens with zero attached hydrogens (tertiary/aromatic N) is 4. The molecule has 178 valence electrons. The number of anilines is 2. The molecule has 11 nitrogen and oxygen atoms in total. The number of halogens is 1. The second-order valence-electron chi connectivity index (χ2n) is 7.58. The number of carbonyl (C=O) groups is 1. The number of amides is 1. The van der Waals surface area contributed by atoms with Crippen LogP contribution < -0.4 is 10.0 Å². The van der Waals surface area contributed by atoms with Gasteiger partial charge in [-0.1, -0.05) is 28.0 Å². The number of hydrogen-bond donors (Lipinski definition) is 3. The third-order valence-electron chi connectivity index (χ3n) is 5.24. The number of aryl methyl sites for hydroxylation is 3. The van der Waals surface area contributed by atoms with E-state index in [9.17, 15) is 13.2 Å². The van der Waals surface area contributed by atoms with E-state index < -0.39 is 15.9 Å². The Hall–Kier alpha value is -3.29. The highest BCUT2D eigenvalue weighted by atomic mass is 35.5. The summed E-state index contributed by atoms with van der Waals surface area (Å²) >= 11 is 7.03. The highest BCUT2D eigenvalue weighted by molar-refractivity contribution is 7.93. The van der Waals surface area contributed by atoms with Crippen molar-refractivity contribution < 1.29 is 17.7 Å². The molecule has 0 bridgehead atoms. The maximum atomic E-state index is 13.2. The molecule has 0 fully saturated rings. The second kappa shape index (κ2) is 9.16. The standard InChI is InChI=1S/C20H20ClN7O4S2/c1-9-7-10(2)17(11(3)13(9)8-15-23-27-28-24-15)22-19(29)18-14(5-6-33-18)34(30,31)26-20-16(21)12(4)25-32-20/h5-7,26H,8H2,1-4H3,(H,22,29)(H,23,24,27,28). The number of carbonyl (C=O) groups excluding carboxylic acids is 1. The Morgan fingerprint density at radius 3 is 2.65 bits per heavy atom. The van der Waals surface area contributed by atoms with E-state index in [0.29, 0.717) is 23.6 Å². The van der Waals surface area contributed by atoms with Crippen LogP contribution in [-0.4, -0.2) is 40.1 Å². The Morgan fingerprint density at radius 1 is 1.24 bits per heavy atom. The van der Waals surface area contributed by atoms with Crippen LogP contribution in [0.15, 0.2) is 26.9 Å². The van der Waals surface area contributed by atoms with Crippen LogP contribution in [0.5, 0.6) is 0 Å². The summed E-state index contributed by atoms with van der Waals surface area (Å²) in [5.74, 6) is -0.254. The zero-order valence-corrected chi connectivity index (χ0v) is 20.9. The zero-order valence-electron chi connectivity index (χ0n) is 18.6. The maximum Gasteiger partial charge on any atom is 0.267 e. The van der Waals surface area contributed by atoms with Gasteiger partial charge in [-0.2, -0.15) is 5.21 Å². The number of aromatic nitrogens is 5. The van der Waals surface area contributed by atoms with Crippen molar-refractivity contribution in [3.63, 3.8) is 0 Å². The maximum absolute atomic E-state index is 13.2. The number of benzene rings is 1. The van der Waals surface area contributed by atoms with E-state index in [0.717, 1.165) is 33.6 Å². The lowest BCUT2D eigenvalue weighted by Crippen LogP contribution is -2.19. The summed E-state index contributed by atoms with van der Waals surface area (Å²) in [5, 5.41) is 22.1. The van der Waals surface area contributed by atoms with Crippen LogP contribution in [0.4, 0.5) is 11.6 Å². The monoisotopic (exact) mass is 521 g/mol. The van der Waals surface area contributed by atoms with E-state index in [1.165, 1.54) is 11.4 Å². The van der Waals surface area contributed by atoms with E-state index in [1.807, 2.05) is 26.8 Å². The first kappa shape index (κ1) is 23.9. The summed E-state index contributed by atoms with van der Waals surface area (Å²) in [4.78, 5) is 13.0. The van der Waals surface area contributed by atoms with Crippen LogP contribution in [0.3, 0.4) is 0 Å². The number of aromatic amines is 1. The average Bonchev–Trinajstić information content (AvgIpc) is 3.53. The molecule has 0 saturated heterocycles. The molecule has 0 aliphatic carbocycles. The minimum atomic E-state index is -4.16. The number of hydrogen-bond acceptors (Lipinski definition) is 9. The fraction of sp³-hybridized carbons (Fsp3) is 0.250. The molecular weight excluding hydrogens is 502 g/mol. The van der Waals surface area contributed by atoms with Gasteiger partial charge in [-0.3, -0.25) is 4.79 Å². The van der Waals surface area contributed by atoms with Gasteiger partial charge in [-0.05, 0) is 61.4 Å². The molecule has 0 radical (unpaired) electrons. The first-order chi connectivity index (χ1) is 16.1. The van der Waals surface area contributed by atoms with Gasteiger partial charge in [0, 0.05) is 12.1 Å². The summed E-state index contributed by atoms with van der Waals surface area (Å²) in [6.07, 6.45) is 0.428. The molecule has 0 saturated carbocycles. The summed E-state index contributed by atoms with van der Waals surface area (Å²) in [7, 11) is -4.16. The van der Waals surface area contributed by atoms with Crippen molar-refractivity contribution in [2.24, 2.45) is 0 Å². The molecule has 0 spiro atoms. The molecule has 4 rings (SSSR count). The second-order valence-corrected chi connectivity index (χ2v) is 10.5. The van der Waals surface area contributed by atoms with Gasteiger partial charge in [0.2, 0.25) is 0 Å². The van der Waals surface area contributed by atoms with Crippen molar-refractivity contribution >= 4 is 50.4 Å². The zero-order chi connectivity index (χ0) is 24.6. The van der Waals surface area contributed by atoms with Crippen LogP contribution in [0, 0.1) is 27.7 Å². The molecule has 14 heteroatoms. The van der Waals surface area contributed by atoms with Gasteiger partial charge in [-0.15, -0.1) is 21.5 Å². The summed E-state index contributed by atoms with van der Waals surface area (Å²) in [5.41, 5.74) is 4.55. The smallest absolute Gasteiger partial charge is 0.267 e. The van der Waals surface area contributed by atoms with Crippen LogP contribution >= 0.6 is 22.9 Å². The number of thiophene rings is 1. The van der Waals surface area contributed by atoms with E-state index in [-0.39, 0.29) is 20.7 Å². The Bertz CT molecular complexity index is 1480. The molecule has 0 unspecified atom stereocenters. The van der Waals surface area contributed by atoms with Crippen LogP contribution in [0.2, 0.25) is 5.02 Å². The van der Waals surface area contributed by atoms with Gasteiger partial charge in [0.25, 0.3) is 21.8 Å². The number of rotatable bonds is 7. The van der Waals surface area contributed by atoms with Crippen molar-refractivity contribution in [1.82, 2.24) is 25.8 Å². The lowest BCUT2D eigenvalue weighted by Gasteiger charge is -2.17. The summed E-state index contributed by atoms with van der Waals surface area (Å²) < 4.78 is 33.1. The molecule has 3 heterocycles. The third kappa shape index (κ3) is 4.54. The summed E-state index contributed by atoms with van der Waals surface area (Å²) in [6, 6.07) is 3.29. The fourth-order valence-electron chi connectivity index (χ4n) is 3.55. The molecule has 0 aliphatic heterocycles. The number of tetrazole rings is 1. The molecule has 4 aromatic rings. The van der Waals surface area contributed by atoms with Crippen molar-refractivity contribution in [3.05, 3.63) is 61.2 Å². The molecular formula is C20H20ClN7O4S2. The van der Waals surface area contributed by atoms with Crippen LogP contribution in [0.1, 0.15) is 43.4 Å². The van der Waals surface area contributed by atoms with E-state index in [2.05, 4.69) is 35.8 Å². The van der Waals surface area contributed by atoms with Crippen molar-refractivity contribution in [2.45, 2.75) is 39.0 Å². The van der Waals surface area contributed by atoms with Gasteiger partial charge >= 0.3 is 0 Å². The SMILES string of the molecule is Cc1cc(C)c(NC(=O)c2sccc2S(=O)(=O)Nc2onc(C)c2Cl)c(C)c1Cc1nn[nH]n1. The highest BCUT2D eigenvalue weighted by Crippen LogP contribution is 2.32. The normalized spacial score (nSPS) is 11.6. The minimum absolute atomic E-state index is 0.0129. The molecule has 3 N–H and O–H groups in total. The quantitative estimate of drug-likeness (QED) is 0.331. The van der Waals surface area contributed by atoms with Gasteiger partial charge in [0.15, 0.2) is 5.82 Å². The van der Waals surface area contributed by atoms with Gasteiger partial charge in [0.1, 0.15) is 20.5 Å². The number of H-pyrrole nitrogens is 1. The van der Waals surface area contributed by atoms with Crippen molar-refractivity contribution in [1.29, 1.82) is 0 Å². The lowest BCUT2D eigenvalue weighted by atomic mass is 9.94. The Labute approximate surface area is 203 Å². The molecule has 3 aromatic heterocycles. The molecule has 0 atom stereocenters. The van der Waals surface area contributed by atoms with E-state index in [4.69, 9.17) is 16.1 Å². The van der Waals surface area contributed by atoms with Crippen molar-refractivity contribution in [3.8, 4) is 0 Å². The van der Waals surface area contributed by atoms with E-state index in [1.54, 1.807) is 6.92 Å². The van der Waals surface area contributed by atoms with Crippen LogP contribution in [0.25, 0.3) is 0 Å². The molecule has 1 aromatic carbocycles. The van der Waals surface area contributed by atoms with Gasteiger partial charge in [0.05, 0.1) is 0 Å². The topological polar surface area (TPSA) is 156 Å². The Balaban J connectivity index is 1.64.